The number of hydrogen-bond donors (Lipinski definition) is 1. The molecule has 8 heteroatoms. The molecule has 0 spiro atoms. The third-order valence-electron chi connectivity index (χ3n) is 3.41. The van der Waals surface area contributed by atoms with E-state index in [0.29, 0.717) is 19.6 Å². The second-order valence-electron chi connectivity index (χ2n) is 5.03. The first-order valence-electron chi connectivity index (χ1n) is 6.18. The number of halogens is 2. The maximum absolute atomic E-state index is 13.3. The molecule has 1 aliphatic heterocycles. The monoisotopic (exact) mass is 321 g/mol. The quantitative estimate of drug-likeness (QED) is 0.836. The molecule has 20 heavy (non-hydrogen) atoms. The number of piperazine rings is 1. The molecule has 0 radical (unpaired) electrons. The van der Waals surface area contributed by atoms with E-state index in [9.17, 15) is 12.8 Å². The molecule has 2 rings (SSSR count). The molecule has 1 fully saturated rings. The van der Waals surface area contributed by atoms with Crippen molar-refractivity contribution in [2.24, 2.45) is 0 Å². The summed E-state index contributed by atoms with van der Waals surface area (Å²) < 4.78 is 39.9. The summed E-state index contributed by atoms with van der Waals surface area (Å²) in [6.07, 6.45) is 0. The van der Waals surface area contributed by atoms with Crippen LogP contribution in [0.2, 0.25) is 5.02 Å². The first-order valence-corrected chi connectivity index (χ1v) is 8.00. The molecule has 0 aromatic heterocycles. The number of nitrogens with zero attached hydrogens (tertiary/aromatic N) is 2. The minimum Gasteiger partial charge on any atom is -0.396 e. The Balaban J connectivity index is 2.43. The molecule has 1 aromatic rings. The molecule has 1 saturated heterocycles. The van der Waals surface area contributed by atoms with Crippen molar-refractivity contribution in [2.75, 3.05) is 32.4 Å². The van der Waals surface area contributed by atoms with Gasteiger partial charge in [-0.05, 0) is 26.1 Å². The van der Waals surface area contributed by atoms with Gasteiger partial charge in [0, 0.05) is 25.7 Å². The smallest absolute Gasteiger partial charge is 0.244 e. The van der Waals surface area contributed by atoms with Gasteiger partial charge in [0.2, 0.25) is 10.0 Å². The van der Waals surface area contributed by atoms with Crippen molar-refractivity contribution in [1.29, 1.82) is 0 Å². The molecule has 0 bridgehead atoms. The topological polar surface area (TPSA) is 66.6 Å². The third kappa shape index (κ3) is 2.76. The third-order valence-corrected chi connectivity index (χ3v) is 5.89. The fourth-order valence-electron chi connectivity index (χ4n) is 2.35. The normalized spacial score (nSPS) is 22.1. The molecule has 5 nitrogen and oxygen atoms in total. The first-order chi connectivity index (χ1) is 9.23. The van der Waals surface area contributed by atoms with E-state index in [4.69, 9.17) is 17.3 Å². The molecule has 0 saturated carbocycles. The van der Waals surface area contributed by atoms with Crippen LogP contribution in [0.3, 0.4) is 0 Å². The van der Waals surface area contributed by atoms with Crippen LogP contribution >= 0.6 is 11.6 Å². The zero-order valence-corrected chi connectivity index (χ0v) is 12.9. The second kappa shape index (κ2) is 5.48. The number of hydrogen-bond acceptors (Lipinski definition) is 4. The Morgan fingerprint density at radius 1 is 1.40 bits per heavy atom. The fraction of sp³-hybridized carbons (Fsp3) is 0.500. The number of nitrogen functional groups attached to an aromatic ring is 1. The highest BCUT2D eigenvalue weighted by Gasteiger charge is 2.34. The molecular weight excluding hydrogens is 305 g/mol. The highest BCUT2D eigenvalue weighted by Crippen LogP contribution is 2.30. The summed E-state index contributed by atoms with van der Waals surface area (Å²) in [5, 5.41) is -0.150. The molecule has 1 heterocycles. The highest BCUT2D eigenvalue weighted by molar-refractivity contribution is 7.89. The minimum absolute atomic E-state index is 0.144. The summed E-state index contributed by atoms with van der Waals surface area (Å²) in [6, 6.07) is 1.84. The van der Waals surface area contributed by atoms with E-state index < -0.39 is 15.8 Å². The molecule has 2 N–H and O–H groups in total. The number of rotatable bonds is 2. The van der Waals surface area contributed by atoms with Crippen molar-refractivity contribution in [3.63, 3.8) is 0 Å². The van der Waals surface area contributed by atoms with Crippen LogP contribution in [0.1, 0.15) is 6.92 Å². The Hall–Kier alpha value is -0.890. The van der Waals surface area contributed by atoms with E-state index in [1.54, 1.807) is 0 Å². The van der Waals surface area contributed by atoms with Crippen LogP contribution in [0.4, 0.5) is 10.1 Å². The Morgan fingerprint density at radius 2 is 2.05 bits per heavy atom. The van der Waals surface area contributed by atoms with Crippen molar-refractivity contribution in [2.45, 2.75) is 17.9 Å². The lowest BCUT2D eigenvalue weighted by atomic mass is 10.2. The van der Waals surface area contributed by atoms with Gasteiger partial charge in [-0.15, -0.1) is 0 Å². The lowest BCUT2D eigenvalue weighted by Crippen LogP contribution is -2.52. The van der Waals surface area contributed by atoms with E-state index >= 15 is 0 Å². The number of benzene rings is 1. The van der Waals surface area contributed by atoms with Crippen LogP contribution in [-0.4, -0.2) is 50.3 Å². The summed E-state index contributed by atoms with van der Waals surface area (Å²) >= 11 is 5.87. The maximum Gasteiger partial charge on any atom is 0.244 e. The predicted molar refractivity (Wildman–Crippen MR) is 76.7 cm³/mol. The van der Waals surface area contributed by atoms with Crippen LogP contribution in [0.25, 0.3) is 0 Å². The van der Waals surface area contributed by atoms with Gasteiger partial charge in [-0.1, -0.05) is 11.6 Å². The number of likely N-dealkylation sites (N-methyl/N-ethyl adjacent to an activating group) is 1. The lowest BCUT2D eigenvalue weighted by Gasteiger charge is -2.37. The van der Waals surface area contributed by atoms with Crippen molar-refractivity contribution in [3.8, 4) is 0 Å². The summed E-state index contributed by atoms with van der Waals surface area (Å²) in [7, 11) is -1.84. The van der Waals surface area contributed by atoms with E-state index in [-0.39, 0.29) is 21.6 Å². The Bertz CT molecular complexity index is 623. The van der Waals surface area contributed by atoms with Crippen LogP contribution in [0.5, 0.6) is 0 Å². The Morgan fingerprint density at radius 3 is 2.65 bits per heavy atom. The SMILES string of the molecule is CC1CN(C)CCN1S(=O)(=O)c1cc(N)c(F)cc1Cl. The average Bonchev–Trinajstić information content (AvgIpc) is 2.33. The first kappa shape index (κ1) is 15.5. The molecule has 0 aliphatic carbocycles. The molecule has 1 unspecified atom stereocenters. The zero-order chi connectivity index (χ0) is 15.1. The standard InChI is InChI=1S/C12H17ClFN3O2S/c1-8-7-16(2)3-4-17(8)20(18,19)12-6-11(15)10(14)5-9(12)13/h5-6,8H,3-4,7,15H2,1-2H3. The van der Waals surface area contributed by atoms with Gasteiger partial charge in [-0.25, -0.2) is 12.8 Å². The van der Waals surface area contributed by atoms with Gasteiger partial charge in [0.15, 0.2) is 0 Å². The summed E-state index contributed by atoms with van der Waals surface area (Å²) in [5.41, 5.74) is 5.22. The van der Waals surface area contributed by atoms with Crippen LogP contribution < -0.4 is 5.73 Å². The van der Waals surface area contributed by atoms with Gasteiger partial charge >= 0.3 is 0 Å². The van der Waals surface area contributed by atoms with Crippen LogP contribution in [0.15, 0.2) is 17.0 Å². The average molecular weight is 322 g/mol. The minimum atomic E-state index is -3.78. The van der Waals surface area contributed by atoms with Crippen LogP contribution in [0, 0.1) is 5.82 Å². The van der Waals surface area contributed by atoms with Gasteiger partial charge < -0.3 is 10.6 Å². The molecule has 1 atom stereocenters. The van der Waals surface area contributed by atoms with Crippen molar-refractivity contribution >= 4 is 27.3 Å². The highest BCUT2D eigenvalue weighted by atomic mass is 35.5. The number of anilines is 1. The maximum atomic E-state index is 13.3. The van der Waals surface area contributed by atoms with Gasteiger partial charge in [0.25, 0.3) is 0 Å². The molecule has 1 aromatic carbocycles. The van der Waals surface area contributed by atoms with E-state index in [0.717, 1.165) is 12.1 Å². The van der Waals surface area contributed by atoms with Crippen molar-refractivity contribution < 1.29 is 12.8 Å². The number of sulfonamides is 1. The second-order valence-corrected chi connectivity index (χ2v) is 7.30. The van der Waals surface area contributed by atoms with Crippen molar-refractivity contribution in [3.05, 3.63) is 23.0 Å². The zero-order valence-electron chi connectivity index (χ0n) is 11.3. The molecule has 1 aliphatic rings. The van der Waals surface area contributed by atoms with E-state index in [2.05, 4.69) is 4.90 Å². The van der Waals surface area contributed by atoms with Crippen LogP contribution in [-0.2, 0) is 10.0 Å². The van der Waals surface area contributed by atoms with Gasteiger partial charge in [0.1, 0.15) is 10.7 Å². The predicted octanol–water partition coefficient (Wildman–Crippen LogP) is 1.39. The number of nitrogens with two attached hydrogens (primary N) is 1. The van der Waals surface area contributed by atoms with E-state index in [1.807, 2.05) is 14.0 Å². The summed E-state index contributed by atoms with van der Waals surface area (Å²) in [4.78, 5) is 1.91. The lowest BCUT2D eigenvalue weighted by molar-refractivity contribution is 0.170. The van der Waals surface area contributed by atoms with Gasteiger partial charge in [-0.3, -0.25) is 0 Å². The van der Waals surface area contributed by atoms with Crippen molar-refractivity contribution in [1.82, 2.24) is 9.21 Å². The molecule has 112 valence electrons. The Kier molecular flexibility index (Phi) is 4.24. The largest absolute Gasteiger partial charge is 0.396 e. The van der Waals surface area contributed by atoms with Gasteiger partial charge in [-0.2, -0.15) is 4.31 Å². The fourth-order valence-corrected chi connectivity index (χ4v) is 4.49. The summed E-state index contributed by atoms with van der Waals surface area (Å²) in [5.74, 6) is -0.722. The summed E-state index contributed by atoms with van der Waals surface area (Å²) in [6.45, 7) is 3.47. The Labute approximate surface area is 123 Å². The van der Waals surface area contributed by atoms with Gasteiger partial charge in [0.05, 0.1) is 10.7 Å². The molecular formula is C12H17ClFN3O2S. The van der Waals surface area contributed by atoms with E-state index in [1.165, 1.54) is 4.31 Å². The molecule has 0 amide bonds.